The summed E-state index contributed by atoms with van der Waals surface area (Å²) in [5, 5.41) is 2.07. The minimum absolute atomic E-state index is 0.114. The second kappa shape index (κ2) is 6.36. The molecule has 3 aromatic rings. The lowest BCUT2D eigenvalue weighted by atomic mass is 10.0. The molecule has 0 spiro atoms. The van der Waals surface area contributed by atoms with Crippen LogP contribution in [0.4, 0.5) is 0 Å². The summed E-state index contributed by atoms with van der Waals surface area (Å²) in [6.45, 7) is 0. The van der Waals surface area contributed by atoms with Gasteiger partial charge in [-0.15, -0.1) is 0 Å². The number of methoxy groups -OCH3 is 1. The van der Waals surface area contributed by atoms with Crippen molar-refractivity contribution in [2.45, 2.75) is 0 Å². The molecule has 0 unspecified atom stereocenters. The van der Waals surface area contributed by atoms with E-state index in [-0.39, 0.29) is 5.69 Å². The highest BCUT2D eigenvalue weighted by Crippen LogP contribution is 2.38. The third-order valence-corrected chi connectivity index (χ3v) is 4.34. The van der Waals surface area contributed by atoms with E-state index in [9.17, 15) is 4.79 Å². The van der Waals surface area contributed by atoms with E-state index < -0.39 is 5.97 Å². The molecule has 0 N–H and O–H groups in total. The van der Waals surface area contributed by atoms with Crippen LogP contribution in [0.1, 0.15) is 10.5 Å². The lowest BCUT2D eigenvalue weighted by Crippen LogP contribution is -2.07. The van der Waals surface area contributed by atoms with E-state index in [0.717, 1.165) is 5.39 Å². The van der Waals surface area contributed by atoms with Crippen LogP contribution in [0, 0.1) is 0 Å². The molecule has 0 fully saturated rings. The van der Waals surface area contributed by atoms with Crippen molar-refractivity contribution in [2.24, 2.45) is 0 Å². The number of benzene rings is 2. The average Bonchev–Trinajstić information content (AvgIpc) is 2.54. The number of hydrogen-bond acceptors (Lipinski definition) is 3. The second-order valence-corrected chi connectivity index (χ2v) is 6.01. The molecule has 6 heteroatoms. The Balaban J connectivity index is 2.41. The number of hydrogen-bond donors (Lipinski definition) is 0. The van der Waals surface area contributed by atoms with Crippen LogP contribution in [0.5, 0.6) is 0 Å². The van der Waals surface area contributed by atoms with Gasteiger partial charge >= 0.3 is 5.97 Å². The molecule has 2 aromatic carbocycles. The largest absolute Gasteiger partial charge is 0.464 e. The zero-order chi connectivity index (χ0) is 16.6. The summed E-state index contributed by atoms with van der Waals surface area (Å²) in [4.78, 5) is 16.6. The maximum absolute atomic E-state index is 12.2. The Morgan fingerprint density at radius 3 is 2.26 bits per heavy atom. The van der Waals surface area contributed by atoms with Gasteiger partial charge in [0.1, 0.15) is 0 Å². The van der Waals surface area contributed by atoms with Crippen molar-refractivity contribution in [2.75, 3.05) is 7.11 Å². The zero-order valence-corrected chi connectivity index (χ0v) is 14.2. The summed E-state index contributed by atoms with van der Waals surface area (Å²) < 4.78 is 4.84. The Morgan fingerprint density at radius 1 is 1.00 bits per heavy atom. The third-order valence-electron chi connectivity index (χ3n) is 3.41. The second-order valence-electron chi connectivity index (χ2n) is 4.78. The Kier molecular flexibility index (Phi) is 4.44. The van der Waals surface area contributed by atoms with Crippen molar-refractivity contribution in [3.05, 3.63) is 63.2 Å². The van der Waals surface area contributed by atoms with E-state index in [1.165, 1.54) is 7.11 Å². The van der Waals surface area contributed by atoms with Gasteiger partial charge in [0.05, 0.1) is 17.6 Å². The number of rotatable bonds is 2. The standard InChI is InChI=1S/C17H10Cl3NO2/c1-23-17(22)16-10(14-11(18)5-3-6-12(14)19)8-9-4-2-7-13(20)15(9)21-16/h2-8H,1H3. The molecule has 0 atom stereocenters. The summed E-state index contributed by atoms with van der Waals surface area (Å²) in [5.74, 6) is -0.585. The summed E-state index contributed by atoms with van der Waals surface area (Å²) in [5.41, 5.74) is 1.66. The van der Waals surface area contributed by atoms with Gasteiger partial charge in [-0.1, -0.05) is 53.0 Å². The molecule has 23 heavy (non-hydrogen) atoms. The highest BCUT2D eigenvalue weighted by atomic mass is 35.5. The van der Waals surface area contributed by atoms with E-state index >= 15 is 0 Å². The van der Waals surface area contributed by atoms with Gasteiger partial charge in [0.2, 0.25) is 0 Å². The number of para-hydroxylation sites is 1. The van der Waals surface area contributed by atoms with Crippen LogP contribution < -0.4 is 0 Å². The molecular formula is C17H10Cl3NO2. The van der Waals surface area contributed by atoms with Gasteiger partial charge < -0.3 is 4.74 Å². The Labute approximate surface area is 147 Å². The van der Waals surface area contributed by atoms with Gasteiger partial charge in [0, 0.05) is 26.6 Å². The van der Waals surface area contributed by atoms with Crippen LogP contribution in [-0.4, -0.2) is 18.1 Å². The SMILES string of the molecule is COC(=O)c1nc2c(Cl)cccc2cc1-c1c(Cl)cccc1Cl. The summed E-state index contributed by atoms with van der Waals surface area (Å²) >= 11 is 18.7. The number of carbonyl (C=O) groups excluding carboxylic acids is 1. The van der Waals surface area contributed by atoms with E-state index in [1.54, 1.807) is 30.3 Å². The lowest BCUT2D eigenvalue weighted by molar-refractivity contribution is 0.0595. The fourth-order valence-electron chi connectivity index (χ4n) is 2.36. The molecule has 0 aliphatic heterocycles. The number of fused-ring (bicyclic) bond motifs is 1. The molecule has 0 aliphatic rings. The van der Waals surface area contributed by atoms with Crippen molar-refractivity contribution in [1.82, 2.24) is 4.98 Å². The molecule has 0 aliphatic carbocycles. The average molecular weight is 367 g/mol. The molecular weight excluding hydrogens is 357 g/mol. The van der Waals surface area contributed by atoms with Gasteiger partial charge in [0.25, 0.3) is 0 Å². The van der Waals surface area contributed by atoms with Crippen molar-refractivity contribution < 1.29 is 9.53 Å². The zero-order valence-electron chi connectivity index (χ0n) is 11.9. The minimum atomic E-state index is -0.585. The minimum Gasteiger partial charge on any atom is -0.464 e. The number of esters is 1. The molecule has 0 amide bonds. The van der Waals surface area contributed by atoms with Crippen LogP contribution in [0.2, 0.25) is 15.1 Å². The van der Waals surface area contributed by atoms with E-state index in [0.29, 0.717) is 31.7 Å². The van der Waals surface area contributed by atoms with E-state index in [2.05, 4.69) is 4.98 Å². The van der Waals surface area contributed by atoms with Crippen LogP contribution in [0.3, 0.4) is 0 Å². The van der Waals surface area contributed by atoms with E-state index in [1.807, 2.05) is 12.1 Å². The first-order chi connectivity index (χ1) is 11.0. The monoisotopic (exact) mass is 365 g/mol. The van der Waals surface area contributed by atoms with Gasteiger partial charge in [0.15, 0.2) is 5.69 Å². The topological polar surface area (TPSA) is 39.2 Å². The van der Waals surface area contributed by atoms with Crippen molar-refractivity contribution in [3.63, 3.8) is 0 Å². The normalized spacial score (nSPS) is 10.8. The Bertz CT molecular complexity index is 905. The lowest BCUT2D eigenvalue weighted by Gasteiger charge is -2.13. The van der Waals surface area contributed by atoms with Crippen molar-refractivity contribution in [1.29, 1.82) is 0 Å². The number of halogens is 3. The number of nitrogens with zero attached hydrogens (tertiary/aromatic N) is 1. The number of pyridine rings is 1. The molecule has 0 saturated heterocycles. The van der Waals surface area contributed by atoms with Gasteiger partial charge in [-0.25, -0.2) is 9.78 Å². The van der Waals surface area contributed by atoms with Crippen LogP contribution in [-0.2, 0) is 4.74 Å². The number of carbonyl (C=O) groups is 1. The summed E-state index contributed by atoms with van der Waals surface area (Å²) in [7, 11) is 1.29. The third kappa shape index (κ3) is 2.88. The maximum atomic E-state index is 12.2. The fourth-order valence-corrected chi connectivity index (χ4v) is 3.19. The summed E-state index contributed by atoms with van der Waals surface area (Å²) in [6, 6.07) is 12.3. The van der Waals surface area contributed by atoms with Crippen LogP contribution >= 0.6 is 34.8 Å². The maximum Gasteiger partial charge on any atom is 0.357 e. The highest BCUT2D eigenvalue weighted by molar-refractivity contribution is 6.39. The number of ether oxygens (including phenoxy) is 1. The fraction of sp³-hybridized carbons (Fsp3) is 0.0588. The molecule has 116 valence electrons. The Hall–Kier alpha value is -1.81. The molecule has 3 nitrogen and oxygen atoms in total. The predicted octanol–water partition coefficient (Wildman–Crippen LogP) is 5.65. The quantitative estimate of drug-likeness (QED) is 0.550. The molecule has 0 saturated carbocycles. The first kappa shape index (κ1) is 16.1. The molecule has 1 aromatic heterocycles. The predicted molar refractivity (Wildman–Crippen MR) is 93.5 cm³/mol. The van der Waals surface area contributed by atoms with E-state index in [4.69, 9.17) is 39.5 Å². The molecule has 0 bridgehead atoms. The van der Waals surface area contributed by atoms with Crippen molar-refractivity contribution >= 4 is 51.7 Å². The highest BCUT2D eigenvalue weighted by Gasteiger charge is 2.21. The first-order valence-corrected chi connectivity index (χ1v) is 7.78. The molecule has 0 radical (unpaired) electrons. The molecule has 1 heterocycles. The Morgan fingerprint density at radius 2 is 1.61 bits per heavy atom. The van der Waals surface area contributed by atoms with Gasteiger partial charge in [-0.2, -0.15) is 0 Å². The van der Waals surface area contributed by atoms with Gasteiger partial charge in [-0.05, 0) is 24.3 Å². The molecule has 3 rings (SSSR count). The first-order valence-electron chi connectivity index (χ1n) is 6.65. The number of aromatic nitrogens is 1. The smallest absolute Gasteiger partial charge is 0.357 e. The van der Waals surface area contributed by atoms with Crippen molar-refractivity contribution in [3.8, 4) is 11.1 Å². The van der Waals surface area contributed by atoms with Gasteiger partial charge in [-0.3, -0.25) is 0 Å². The van der Waals surface area contributed by atoms with Crippen LogP contribution in [0.15, 0.2) is 42.5 Å². The van der Waals surface area contributed by atoms with Crippen LogP contribution in [0.25, 0.3) is 22.0 Å². The summed E-state index contributed by atoms with van der Waals surface area (Å²) in [6.07, 6.45) is 0.